The van der Waals surface area contributed by atoms with Crippen LogP contribution in [-0.4, -0.2) is 38.1 Å². The molecule has 1 aliphatic rings. The first-order valence-corrected chi connectivity index (χ1v) is 9.33. The predicted molar refractivity (Wildman–Crippen MR) is 109 cm³/mol. The lowest BCUT2D eigenvalue weighted by Gasteiger charge is -2.36. The Hall–Kier alpha value is -3.35. The van der Waals surface area contributed by atoms with E-state index < -0.39 is 5.66 Å². The number of para-hydroxylation sites is 1. The number of benzene rings is 1. The van der Waals surface area contributed by atoms with E-state index in [-0.39, 0.29) is 0 Å². The minimum atomic E-state index is -0.582. The third-order valence-corrected chi connectivity index (χ3v) is 4.86. The number of hydrogen-bond acceptors (Lipinski definition) is 6. The molecule has 0 saturated heterocycles. The van der Waals surface area contributed by atoms with Gasteiger partial charge in [0.2, 0.25) is 0 Å². The van der Waals surface area contributed by atoms with Gasteiger partial charge in [0.05, 0.1) is 6.61 Å². The third kappa shape index (κ3) is 2.98. The zero-order valence-electron chi connectivity index (χ0n) is 16.5. The largest absolute Gasteiger partial charge is 0.493 e. The topological polar surface area (TPSA) is 67.6 Å². The molecule has 0 aliphatic carbocycles. The summed E-state index contributed by atoms with van der Waals surface area (Å²) < 4.78 is 7.64. The molecule has 0 spiro atoms. The zero-order chi connectivity index (χ0) is 19.7. The van der Waals surface area contributed by atoms with Crippen LogP contribution in [0.3, 0.4) is 0 Å². The fraction of sp³-hybridized carbons (Fsp3) is 0.286. The molecule has 2 aromatic heterocycles. The third-order valence-electron chi connectivity index (χ3n) is 4.86. The van der Waals surface area contributed by atoms with Gasteiger partial charge in [0.15, 0.2) is 11.5 Å². The fourth-order valence-corrected chi connectivity index (χ4v) is 3.53. The van der Waals surface area contributed by atoms with Gasteiger partial charge < -0.3 is 15.0 Å². The van der Waals surface area contributed by atoms with Crippen LogP contribution in [0.25, 0.3) is 11.9 Å². The highest BCUT2D eigenvalue weighted by Gasteiger charge is 2.37. The number of aromatic nitrogens is 4. The first-order valence-electron chi connectivity index (χ1n) is 9.33. The van der Waals surface area contributed by atoms with Crippen LogP contribution in [-0.2, 0) is 5.66 Å². The maximum atomic E-state index is 5.88. The first-order chi connectivity index (χ1) is 13.5. The van der Waals surface area contributed by atoms with Crippen molar-refractivity contribution in [2.75, 3.05) is 13.7 Å². The van der Waals surface area contributed by atoms with Crippen molar-refractivity contribution >= 4 is 11.9 Å². The average Bonchev–Trinajstić information content (AvgIpc) is 3.25. The summed E-state index contributed by atoms with van der Waals surface area (Å²) in [5.41, 5.74) is 2.37. The molecular weight excluding hydrogens is 352 g/mol. The molecular formula is C21H24N6O. The first kappa shape index (κ1) is 18.0. The molecule has 1 unspecified atom stereocenters. The van der Waals surface area contributed by atoms with Crippen molar-refractivity contribution in [3.8, 4) is 5.75 Å². The standard InChI is InChI=1S/C21H24N6O/c1-5-28-18-9-7-6-8-17(18)21(22-12-13-26(21)4)11-10-19-24-20-23-15(2)14-16(3)27(20)25-19/h6-14,22H,5H2,1-4H3. The normalized spacial score (nSPS) is 18.9. The molecule has 3 aromatic rings. The molecule has 3 heterocycles. The van der Waals surface area contributed by atoms with Crippen molar-refractivity contribution in [2.45, 2.75) is 26.4 Å². The second-order valence-electron chi connectivity index (χ2n) is 6.82. The van der Waals surface area contributed by atoms with Gasteiger partial charge >= 0.3 is 0 Å². The van der Waals surface area contributed by atoms with Crippen LogP contribution in [0.1, 0.15) is 29.7 Å². The van der Waals surface area contributed by atoms with E-state index in [2.05, 4.69) is 37.4 Å². The van der Waals surface area contributed by atoms with E-state index in [9.17, 15) is 0 Å². The maximum absolute atomic E-state index is 5.88. The number of ether oxygens (including phenoxy) is 1. The predicted octanol–water partition coefficient (Wildman–Crippen LogP) is 3.01. The number of nitrogens with zero attached hydrogens (tertiary/aromatic N) is 5. The monoisotopic (exact) mass is 376 g/mol. The minimum Gasteiger partial charge on any atom is -0.493 e. The van der Waals surface area contributed by atoms with E-state index in [1.807, 2.05) is 70.6 Å². The zero-order valence-corrected chi connectivity index (χ0v) is 16.5. The number of rotatable bonds is 5. The van der Waals surface area contributed by atoms with Gasteiger partial charge in [-0.25, -0.2) is 9.50 Å². The van der Waals surface area contributed by atoms with Gasteiger partial charge in [0.25, 0.3) is 5.78 Å². The Morgan fingerprint density at radius 1 is 1.21 bits per heavy atom. The maximum Gasteiger partial charge on any atom is 0.253 e. The van der Waals surface area contributed by atoms with Crippen LogP contribution in [0, 0.1) is 13.8 Å². The number of likely N-dealkylation sites (N-methyl/N-ethyl adjacent to an activating group) is 1. The van der Waals surface area contributed by atoms with Crippen LogP contribution in [0.4, 0.5) is 0 Å². The number of aryl methyl sites for hydroxylation is 2. The molecule has 1 N–H and O–H groups in total. The van der Waals surface area contributed by atoms with Crippen LogP contribution in [0.15, 0.2) is 48.8 Å². The molecule has 0 saturated carbocycles. The van der Waals surface area contributed by atoms with Crippen molar-refractivity contribution < 1.29 is 4.74 Å². The Morgan fingerprint density at radius 3 is 2.79 bits per heavy atom. The lowest BCUT2D eigenvalue weighted by Crippen LogP contribution is -2.45. The second-order valence-corrected chi connectivity index (χ2v) is 6.82. The highest BCUT2D eigenvalue weighted by Crippen LogP contribution is 2.36. The minimum absolute atomic E-state index is 0.582. The summed E-state index contributed by atoms with van der Waals surface area (Å²) in [5, 5.41) is 8.04. The van der Waals surface area contributed by atoms with Crippen LogP contribution in [0.2, 0.25) is 0 Å². The van der Waals surface area contributed by atoms with Crippen molar-refractivity contribution in [1.29, 1.82) is 0 Å². The summed E-state index contributed by atoms with van der Waals surface area (Å²) in [5.74, 6) is 2.05. The lowest BCUT2D eigenvalue weighted by atomic mass is 9.96. The van der Waals surface area contributed by atoms with Crippen LogP contribution >= 0.6 is 0 Å². The molecule has 7 nitrogen and oxygen atoms in total. The van der Waals surface area contributed by atoms with Crippen molar-refractivity contribution in [2.24, 2.45) is 0 Å². The molecule has 4 rings (SSSR count). The molecule has 0 radical (unpaired) electrons. The molecule has 0 bridgehead atoms. The van der Waals surface area contributed by atoms with E-state index in [1.54, 1.807) is 4.52 Å². The van der Waals surface area contributed by atoms with Gasteiger partial charge in [0.1, 0.15) is 5.75 Å². The van der Waals surface area contributed by atoms with Gasteiger partial charge in [-0.2, -0.15) is 4.98 Å². The number of nitrogens with one attached hydrogen (secondary N) is 1. The van der Waals surface area contributed by atoms with Gasteiger partial charge in [-0.1, -0.05) is 18.2 Å². The molecule has 28 heavy (non-hydrogen) atoms. The van der Waals surface area contributed by atoms with E-state index in [4.69, 9.17) is 4.74 Å². The SMILES string of the molecule is CCOc1ccccc1C1(C=Cc2nc3nc(C)cc(C)n3n2)NC=CN1C. The summed E-state index contributed by atoms with van der Waals surface area (Å²) in [6, 6.07) is 10.0. The smallest absolute Gasteiger partial charge is 0.253 e. The Labute approximate surface area is 164 Å². The Kier molecular flexibility index (Phi) is 4.50. The molecule has 1 atom stereocenters. The van der Waals surface area contributed by atoms with E-state index in [0.29, 0.717) is 18.2 Å². The van der Waals surface area contributed by atoms with Crippen molar-refractivity contribution in [3.05, 3.63) is 71.6 Å². The molecule has 7 heteroatoms. The Morgan fingerprint density at radius 2 is 2.04 bits per heavy atom. The van der Waals surface area contributed by atoms with Crippen LogP contribution in [0.5, 0.6) is 5.75 Å². The van der Waals surface area contributed by atoms with Gasteiger partial charge in [-0.3, -0.25) is 0 Å². The second kappa shape index (κ2) is 6.99. The molecule has 1 aliphatic heterocycles. The highest BCUT2D eigenvalue weighted by atomic mass is 16.5. The molecule has 1 aromatic carbocycles. The highest BCUT2D eigenvalue weighted by molar-refractivity contribution is 5.52. The quantitative estimate of drug-likeness (QED) is 0.738. The lowest BCUT2D eigenvalue weighted by molar-refractivity contribution is 0.227. The van der Waals surface area contributed by atoms with E-state index in [1.165, 1.54) is 0 Å². The summed E-state index contributed by atoms with van der Waals surface area (Å²) in [6.07, 6.45) is 7.91. The van der Waals surface area contributed by atoms with E-state index >= 15 is 0 Å². The van der Waals surface area contributed by atoms with Crippen molar-refractivity contribution in [3.63, 3.8) is 0 Å². The molecule has 0 amide bonds. The Bertz CT molecular complexity index is 1070. The summed E-state index contributed by atoms with van der Waals surface area (Å²) in [7, 11) is 2.02. The summed E-state index contributed by atoms with van der Waals surface area (Å²) in [6.45, 7) is 6.55. The molecule has 0 fully saturated rings. The van der Waals surface area contributed by atoms with Crippen molar-refractivity contribution in [1.82, 2.24) is 29.8 Å². The number of hydrogen-bond donors (Lipinski definition) is 1. The Balaban J connectivity index is 1.77. The van der Waals surface area contributed by atoms with Gasteiger partial charge in [-0.15, -0.1) is 5.10 Å². The van der Waals surface area contributed by atoms with E-state index in [0.717, 1.165) is 22.7 Å². The number of fused-ring (bicyclic) bond motifs is 1. The average molecular weight is 376 g/mol. The fourth-order valence-electron chi connectivity index (χ4n) is 3.53. The summed E-state index contributed by atoms with van der Waals surface area (Å²) >= 11 is 0. The summed E-state index contributed by atoms with van der Waals surface area (Å²) in [4.78, 5) is 11.1. The van der Waals surface area contributed by atoms with Gasteiger partial charge in [0, 0.05) is 36.4 Å². The van der Waals surface area contributed by atoms with Crippen LogP contribution < -0.4 is 10.1 Å². The molecule has 144 valence electrons. The van der Waals surface area contributed by atoms with Gasteiger partial charge in [-0.05, 0) is 45.1 Å².